The molecule has 1 aromatic carbocycles. The molecule has 3 heterocycles. The third-order valence-corrected chi connectivity index (χ3v) is 6.32. The predicted octanol–water partition coefficient (Wildman–Crippen LogP) is 3.39. The SMILES string of the molecule is CC(c1nnc(SCc2cc(=O)n3ccsc3n2)n1-c1ccc(F)cc1)N(C)C. The number of thioether (sulfide) groups is 1. The summed E-state index contributed by atoms with van der Waals surface area (Å²) in [5.41, 5.74) is 1.36. The normalized spacial score (nSPS) is 12.7. The van der Waals surface area contributed by atoms with E-state index in [1.807, 2.05) is 35.9 Å². The predicted molar refractivity (Wildman–Crippen MR) is 112 cm³/mol. The first-order chi connectivity index (χ1) is 13.9. The molecule has 10 heteroatoms. The Hall–Kier alpha value is -2.56. The molecule has 0 saturated heterocycles. The van der Waals surface area contributed by atoms with Crippen molar-refractivity contribution in [3.63, 3.8) is 0 Å². The molecule has 0 N–H and O–H groups in total. The van der Waals surface area contributed by atoms with E-state index in [0.717, 1.165) is 11.5 Å². The number of rotatable bonds is 6. The Kier molecular flexibility index (Phi) is 5.48. The van der Waals surface area contributed by atoms with E-state index in [0.29, 0.717) is 21.6 Å². The molecule has 0 saturated carbocycles. The third-order valence-electron chi connectivity index (χ3n) is 4.60. The zero-order chi connectivity index (χ0) is 20.5. The van der Waals surface area contributed by atoms with Gasteiger partial charge in [0.25, 0.3) is 5.56 Å². The highest BCUT2D eigenvalue weighted by Gasteiger charge is 2.21. The minimum atomic E-state index is -0.299. The van der Waals surface area contributed by atoms with E-state index in [1.54, 1.807) is 18.3 Å². The highest BCUT2D eigenvalue weighted by Crippen LogP contribution is 2.28. The molecule has 0 radical (unpaired) electrons. The summed E-state index contributed by atoms with van der Waals surface area (Å²) < 4.78 is 16.9. The Morgan fingerprint density at radius 1 is 1.24 bits per heavy atom. The van der Waals surface area contributed by atoms with Crippen LogP contribution >= 0.6 is 23.1 Å². The van der Waals surface area contributed by atoms with Crippen LogP contribution < -0.4 is 5.56 Å². The lowest BCUT2D eigenvalue weighted by molar-refractivity contribution is 0.305. The summed E-state index contributed by atoms with van der Waals surface area (Å²) >= 11 is 2.86. The van der Waals surface area contributed by atoms with Gasteiger partial charge in [-0.1, -0.05) is 11.8 Å². The molecular weight excluding hydrogens is 411 g/mol. The zero-order valence-corrected chi connectivity index (χ0v) is 17.7. The minimum absolute atomic E-state index is 0.00661. The van der Waals surface area contributed by atoms with Crippen molar-refractivity contribution in [2.75, 3.05) is 14.1 Å². The fourth-order valence-electron chi connectivity index (χ4n) is 2.81. The van der Waals surface area contributed by atoms with Crippen molar-refractivity contribution in [2.24, 2.45) is 0 Å². The fraction of sp³-hybridized carbons (Fsp3) is 0.263. The van der Waals surface area contributed by atoms with Gasteiger partial charge in [-0.25, -0.2) is 9.37 Å². The van der Waals surface area contributed by atoms with Gasteiger partial charge < -0.3 is 0 Å². The van der Waals surface area contributed by atoms with E-state index in [1.165, 1.54) is 45.7 Å². The van der Waals surface area contributed by atoms with Gasteiger partial charge >= 0.3 is 0 Å². The standard InChI is InChI=1S/C19H19FN6OS2/c1-12(24(2)3)17-22-23-19(26(17)15-6-4-13(20)5-7-15)29-11-14-10-16(27)25-8-9-28-18(25)21-14/h4-10,12H,11H2,1-3H3. The summed E-state index contributed by atoms with van der Waals surface area (Å²) in [6.45, 7) is 2.03. The lowest BCUT2D eigenvalue weighted by Crippen LogP contribution is -2.20. The van der Waals surface area contributed by atoms with Gasteiger partial charge in [0, 0.05) is 29.1 Å². The van der Waals surface area contributed by atoms with Crippen molar-refractivity contribution < 1.29 is 4.39 Å². The maximum atomic E-state index is 13.4. The minimum Gasteiger partial charge on any atom is -0.300 e. The molecule has 0 spiro atoms. The average molecular weight is 431 g/mol. The van der Waals surface area contributed by atoms with Gasteiger partial charge in [-0.2, -0.15) is 0 Å². The molecule has 150 valence electrons. The molecule has 0 fully saturated rings. The second-order valence-electron chi connectivity index (χ2n) is 6.72. The average Bonchev–Trinajstić information content (AvgIpc) is 3.33. The van der Waals surface area contributed by atoms with E-state index in [9.17, 15) is 9.18 Å². The Bertz CT molecular complexity index is 1200. The van der Waals surface area contributed by atoms with Crippen LogP contribution in [0.5, 0.6) is 0 Å². The van der Waals surface area contributed by atoms with Gasteiger partial charge in [0.15, 0.2) is 15.9 Å². The van der Waals surface area contributed by atoms with Gasteiger partial charge in [-0.05, 0) is 45.3 Å². The van der Waals surface area contributed by atoms with Crippen LogP contribution in [-0.4, -0.2) is 43.1 Å². The van der Waals surface area contributed by atoms with Crippen LogP contribution in [0.25, 0.3) is 10.6 Å². The molecule has 4 rings (SSSR count). The highest BCUT2D eigenvalue weighted by atomic mass is 32.2. The molecule has 29 heavy (non-hydrogen) atoms. The second-order valence-corrected chi connectivity index (χ2v) is 8.54. The Balaban J connectivity index is 1.69. The van der Waals surface area contributed by atoms with Crippen LogP contribution in [0.15, 0.2) is 51.9 Å². The number of nitrogens with zero attached hydrogens (tertiary/aromatic N) is 6. The number of benzene rings is 1. The highest BCUT2D eigenvalue weighted by molar-refractivity contribution is 7.98. The van der Waals surface area contributed by atoms with Gasteiger partial charge in [0.05, 0.1) is 11.7 Å². The smallest absolute Gasteiger partial charge is 0.258 e. The van der Waals surface area contributed by atoms with Crippen LogP contribution in [0.2, 0.25) is 0 Å². The maximum absolute atomic E-state index is 13.4. The summed E-state index contributed by atoms with van der Waals surface area (Å²) in [6, 6.07) is 7.79. The molecule has 4 aromatic rings. The Morgan fingerprint density at radius 2 is 2.00 bits per heavy atom. The molecule has 0 amide bonds. The summed E-state index contributed by atoms with van der Waals surface area (Å²) in [7, 11) is 3.93. The number of aromatic nitrogens is 5. The molecule has 0 bridgehead atoms. The van der Waals surface area contributed by atoms with E-state index >= 15 is 0 Å². The first-order valence-corrected chi connectivity index (χ1v) is 10.8. The summed E-state index contributed by atoms with van der Waals surface area (Å²) in [5.74, 6) is 0.928. The van der Waals surface area contributed by atoms with Gasteiger partial charge in [-0.15, -0.1) is 21.5 Å². The topological polar surface area (TPSA) is 68.3 Å². The van der Waals surface area contributed by atoms with E-state index < -0.39 is 0 Å². The quantitative estimate of drug-likeness (QED) is 0.437. The van der Waals surface area contributed by atoms with Gasteiger partial charge in [0.1, 0.15) is 5.82 Å². The lowest BCUT2D eigenvalue weighted by atomic mass is 10.2. The number of thiazole rings is 1. The summed E-state index contributed by atoms with van der Waals surface area (Å²) in [6.07, 6.45) is 1.71. The Labute approximate surface area is 174 Å². The van der Waals surface area contributed by atoms with Crippen molar-refractivity contribution in [1.29, 1.82) is 0 Å². The van der Waals surface area contributed by atoms with Gasteiger partial charge in [-0.3, -0.25) is 18.7 Å². The molecule has 1 atom stereocenters. The van der Waals surface area contributed by atoms with Crippen LogP contribution in [0.4, 0.5) is 4.39 Å². The van der Waals surface area contributed by atoms with Crippen LogP contribution in [-0.2, 0) is 5.75 Å². The number of fused-ring (bicyclic) bond motifs is 1. The van der Waals surface area contributed by atoms with Crippen LogP contribution in [0.1, 0.15) is 24.5 Å². The Morgan fingerprint density at radius 3 is 2.72 bits per heavy atom. The number of hydrogen-bond acceptors (Lipinski definition) is 7. The number of halogens is 1. The van der Waals surface area contributed by atoms with Gasteiger partial charge in [0.2, 0.25) is 0 Å². The van der Waals surface area contributed by atoms with Crippen LogP contribution in [0.3, 0.4) is 0 Å². The molecule has 0 aliphatic rings. The van der Waals surface area contributed by atoms with Crippen molar-refractivity contribution >= 4 is 28.1 Å². The monoisotopic (exact) mass is 430 g/mol. The fourth-order valence-corrected chi connectivity index (χ4v) is 4.40. The second kappa shape index (κ2) is 8.05. The van der Waals surface area contributed by atoms with Crippen molar-refractivity contribution in [2.45, 2.75) is 23.9 Å². The largest absolute Gasteiger partial charge is 0.300 e. The van der Waals surface area contributed by atoms with Crippen molar-refractivity contribution in [3.8, 4) is 5.69 Å². The summed E-state index contributed by atoms with van der Waals surface area (Å²) in [4.78, 5) is 19.4. The lowest BCUT2D eigenvalue weighted by Gasteiger charge is -2.20. The molecule has 1 unspecified atom stereocenters. The molecule has 3 aromatic heterocycles. The maximum Gasteiger partial charge on any atom is 0.258 e. The molecular formula is C19H19FN6OS2. The van der Waals surface area contributed by atoms with E-state index in [4.69, 9.17) is 0 Å². The van der Waals surface area contributed by atoms with Crippen molar-refractivity contribution in [3.05, 3.63) is 69.6 Å². The molecule has 0 aliphatic carbocycles. The van der Waals surface area contributed by atoms with Crippen molar-refractivity contribution in [1.82, 2.24) is 29.0 Å². The van der Waals surface area contributed by atoms with E-state index in [-0.39, 0.29) is 17.4 Å². The molecule has 7 nitrogen and oxygen atoms in total. The van der Waals surface area contributed by atoms with E-state index in [2.05, 4.69) is 15.2 Å². The molecule has 0 aliphatic heterocycles. The first kappa shape index (κ1) is 19.7. The first-order valence-electron chi connectivity index (χ1n) is 8.90. The van der Waals surface area contributed by atoms with Crippen LogP contribution in [0, 0.1) is 5.82 Å². The zero-order valence-electron chi connectivity index (χ0n) is 16.1. The third kappa shape index (κ3) is 3.96. The number of hydrogen-bond donors (Lipinski definition) is 0. The summed E-state index contributed by atoms with van der Waals surface area (Å²) in [5, 5.41) is 11.2.